The Morgan fingerprint density at radius 1 is 1.16 bits per heavy atom. The highest BCUT2D eigenvalue weighted by Gasteiger charge is 2.17. The Balaban J connectivity index is 0.00000312. The summed E-state index contributed by atoms with van der Waals surface area (Å²) in [5.41, 5.74) is 0. The second kappa shape index (κ2) is 13.7. The number of thioether (sulfide) groups is 1. The van der Waals surface area contributed by atoms with Crippen molar-refractivity contribution in [2.24, 2.45) is 10.9 Å². The number of piperidine rings is 1. The predicted octanol–water partition coefficient (Wildman–Crippen LogP) is 3.68. The average Bonchev–Trinajstić information content (AvgIpc) is 2.65. The lowest BCUT2D eigenvalue weighted by Crippen LogP contribution is -2.40. The van der Waals surface area contributed by atoms with Crippen molar-refractivity contribution in [3.05, 3.63) is 30.3 Å². The van der Waals surface area contributed by atoms with E-state index in [2.05, 4.69) is 57.8 Å². The molecular formula is C19H33IN4S. The van der Waals surface area contributed by atoms with Gasteiger partial charge in [-0.1, -0.05) is 25.1 Å². The molecule has 1 fully saturated rings. The second-order valence-electron chi connectivity index (χ2n) is 6.25. The van der Waals surface area contributed by atoms with Crippen LogP contribution in [0.15, 0.2) is 40.2 Å². The summed E-state index contributed by atoms with van der Waals surface area (Å²) in [6, 6.07) is 10.5. The second-order valence-corrected chi connectivity index (χ2v) is 7.42. The maximum absolute atomic E-state index is 4.32. The minimum absolute atomic E-state index is 0. The highest BCUT2D eigenvalue weighted by atomic mass is 127. The molecule has 0 aromatic heterocycles. The smallest absolute Gasteiger partial charge is 0.191 e. The number of hydrogen-bond donors (Lipinski definition) is 2. The molecule has 1 heterocycles. The first-order valence-corrected chi connectivity index (χ1v) is 10.1. The molecule has 1 saturated heterocycles. The van der Waals surface area contributed by atoms with Crippen LogP contribution in [-0.4, -0.2) is 56.4 Å². The fraction of sp³-hybridized carbons (Fsp3) is 0.632. The Hall–Kier alpha value is -0.470. The van der Waals surface area contributed by atoms with E-state index in [1.165, 1.54) is 43.8 Å². The molecule has 0 amide bonds. The van der Waals surface area contributed by atoms with E-state index in [0.29, 0.717) is 0 Å². The van der Waals surface area contributed by atoms with Crippen molar-refractivity contribution in [3.8, 4) is 0 Å². The fourth-order valence-electron chi connectivity index (χ4n) is 3.06. The Morgan fingerprint density at radius 3 is 2.48 bits per heavy atom. The van der Waals surface area contributed by atoms with E-state index < -0.39 is 0 Å². The molecule has 0 bridgehead atoms. The molecule has 0 radical (unpaired) electrons. The minimum atomic E-state index is 0. The lowest BCUT2D eigenvalue weighted by Gasteiger charge is -2.31. The molecule has 142 valence electrons. The Kier molecular flexibility index (Phi) is 12.4. The van der Waals surface area contributed by atoms with Crippen LogP contribution in [0, 0.1) is 5.92 Å². The summed E-state index contributed by atoms with van der Waals surface area (Å²) in [5.74, 6) is 2.84. The summed E-state index contributed by atoms with van der Waals surface area (Å²) in [6.07, 6.45) is 3.93. The normalized spacial score (nSPS) is 16.3. The molecule has 0 unspecified atom stereocenters. The van der Waals surface area contributed by atoms with Crippen LogP contribution in [0.25, 0.3) is 0 Å². The molecule has 4 nitrogen and oxygen atoms in total. The van der Waals surface area contributed by atoms with E-state index in [1.807, 2.05) is 18.8 Å². The van der Waals surface area contributed by atoms with Crippen molar-refractivity contribution in [2.75, 3.05) is 45.5 Å². The summed E-state index contributed by atoms with van der Waals surface area (Å²) in [5, 5.41) is 6.86. The fourth-order valence-corrected chi connectivity index (χ4v) is 3.85. The van der Waals surface area contributed by atoms with E-state index in [0.717, 1.165) is 30.7 Å². The monoisotopic (exact) mass is 476 g/mol. The van der Waals surface area contributed by atoms with Gasteiger partial charge >= 0.3 is 0 Å². The molecule has 0 spiro atoms. The largest absolute Gasteiger partial charge is 0.356 e. The van der Waals surface area contributed by atoms with E-state index in [9.17, 15) is 0 Å². The van der Waals surface area contributed by atoms with Crippen molar-refractivity contribution in [1.82, 2.24) is 15.5 Å². The van der Waals surface area contributed by atoms with Gasteiger partial charge in [0.25, 0.3) is 0 Å². The molecule has 0 atom stereocenters. The molecule has 1 aromatic carbocycles. The van der Waals surface area contributed by atoms with Crippen LogP contribution in [0.2, 0.25) is 0 Å². The summed E-state index contributed by atoms with van der Waals surface area (Å²) in [6.45, 7) is 7.93. The van der Waals surface area contributed by atoms with Gasteiger partial charge in [0.05, 0.1) is 0 Å². The molecule has 0 aliphatic carbocycles. The maximum atomic E-state index is 4.32. The van der Waals surface area contributed by atoms with Crippen LogP contribution in [0.1, 0.15) is 26.2 Å². The quantitative estimate of drug-likeness (QED) is 0.198. The first-order chi connectivity index (χ1) is 11.8. The maximum Gasteiger partial charge on any atom is 0.191 e. The zero-order chi connectivity index (χ0) is 17.0. The highest BCUT2D eigenvalue weighted by Crippen LogP contribution is 2.19. The summed E-state index contributed by atoms with van der Waals surface area (Å²) >= 11 is 1.87. The minimum Gasteiger partial charge on any atom is -0.356 e. The topological polar surface area (TPSA) is 39.7 Å². The molecular weight excluding hydrogens is 443 g/mol. The number of halogens is 1. The third-order valence-corrected chi connectivity index (χ3v) is 5.64. The number of guanidine groups is 1. The van der Waals surface area contributed by atoms with Crippen molar-refractivity contribution in [2.45, 2.75) is 31.1 Å². The molecule has 2 rings (SSSR count). The van der Waals surface area contributed by atoms with Crippen LogP contribution in [0.3, 0.4) is 0 Å². The number of rotatable bonds is 8. The first-order valence-electron chi connectivity index (χ1n) is 9.16. The van der Waals surface area contributed by atoms with Crippen molar-refractivity contribution in [1.29, 1.82) is 0 Å². The van der Waals surface area contributed by atoms with Gasteiger partial charge in [0.1, 0.15) is 0 Å². The van der Waals surface area contributed by atoms with E-state index in [4.69, 9.17) is 0 Å². The van der Waals surface area contributed by atoms with Gasteiger partial charge in [0.15, 0.2) is 5.96 Å². The molecule has 6 heteroatoms. The number of nitrogens with zero attached hydrogens (tertiary/aromatic N) is 2. The number of likely N-dealkylation sites (tertiary alicyclic amines) is 1. The van der Waals surface area contributed by atoms with Crippen LogP contribution >= 0.6 is 35.7 Å². The summed E-state index contributed by atoms with van der Waals surface area (Å²) < 4.78 is 0. The van der Waals surface area contributed by atoms with Gasteiger partial charge in [-0.25, -0.2) is 0 Å². The van der Waals surface area contributed by atoms with Gasteiger partial charge in [-0.2, -0.15) is 0 Å². The first kappa shape index (κ1) is 22.6. The van der Waals surface area contributed by atoms with Gasteiger partial charge in [0.2, 0.25) is 0 Å². The molecule has 25 heavy (non-hydrogen) atoms. The molecule has 1 aromatic rings. The van der Waals surface area contributed by atoms with Crippen LogP contribution in [-0.2, 0) is 0 Å². The van der Waals surface area contributed by atoms with Crippen molar-refractivity contribution >= 4 is 41.7 Å². The van der Waals surface area contributed by atoms with Crippen LogP contribution in [0.5, 0.6) is 0 Å². The van der Waals surface area contributed by atoms with E-state index >= 15 is 0 Å². The Labute approximate surface area is 174 Å². The standard InChI is InChI=1S/C19H32N4S.HI/c1-3-23-14-10-17(11-15-23)9-12-21-19(20-2)22-13-16-24-18-7-5-4-6-8-18;/h4-8,17H,3,9-16H2,1-2H3,(H2,20,21,22);1H. The molecule has 1 aliphatic rings. The Bertz CT molecular complexity index is 476. The predicted molar refractivity (Wildman–Crippen MR) is 121 cm³/mol. The SMILES string of the molecule is CCN1CCC(CCNC(=NC)NCCSc2ccccc2)CC1.I. The van der Waals surface area contributed by atoms with Crippen LogP contribution in [0.4, 0.5) is 0 Å². The Morgan fingerprint density at radius 2 is 1.84 bits per heavy atom. The van der Waals surface area contributed by atoms with Crippen molar-refractivity contribution < 1.29 is 0 Å². The number of aliphatic imine (C=N–C) groups is 1. The van der Waals surface area contributed by atoms with Gasteiger partial charge < -0.3 is 15.5 Å². The van der Waals surface area contributed by atoms with Gasteiger partial charge in [-0.3, -0.25) is 4.99 Å². The zero-order valence-corrected chi connectivity index (χ0v) is 18.7. The number of benzene rings is 1. The van der Waals surface area contributed by atoms with Crippen LogP contribution < -0.4 is 10.6 Å². The number of hydrogen-bond acceptors (Lipinski definition) is 3. The zero-order valence-electron chi connectivity index (χ0n) is 15.5. The van der Waals surface area contributed by atoms with Gasteiger partial charge in [-0.05, 0) is 56.9 Å². The van der Waals surface area contributed by atoms with Gasteiger partial charge in [-0.15, -0.1) is 35.7 Å². The molecule has 2 N–H and O–H groups in total. The third kappa shape index (κ3) is 9.15. The van der Waals surface area contributed by atoms with E-state index in [-0.39, 0.29) is 24.0 Å². The lowest BCUT2D eigenvalue weighted by atomic mass is 9.93. The van der Waals surface area contributed by atoms with Gasteiger partial charge in [0, 0.05) is 30.8 Å². The lowest BCUT2D eigenvalue weighted by molar-refractivity contribution is 0.187. The summed E-state index contributed by atoms with van der Waals surface area (Å²) in [4.78, 5) is 8.19. The number of nitrogens with one attached hydrogen (secondary N) is 2. The third-order valence-electron chi connectivity index (χ3n) is 4.63. The average molecular weight is 476 g/mol. The molecule has 1 aliphatic heterocycles. The highest BCUT2D eigenvalue weighted by molar-refractivity contribution is 14.0. The van der Waals surface area contributed by atoms with E-state index in [1.54, 1.807) is 0 Å². The van der Waals surface area contributed by atoms with Crippen molar-refractivity contribution in [3.63, 3.8) is 0 Å². The summed E-state index contributed by atoms with van der Waals surface area (Å²) in [7, 11) is 1.85. The molecule has 0 saturated carbocycles.